The molecule has 0 aliphatic heterocycles. The number of nitrogens with zero attached hydrogens (tertiary/aromatic N) is 1. The molecule has 1 fully saturated rings. The smallest absolute Gasteiger partial charge is 0.223 e. The van der Waals surface area contributed by atoms with Gasteiger partial charge in [0.15, 0.2) is 5.96 Å². The van der Waals surface area contributed by atoms with E-state index in [1.54, 1.807) is 33.5 Å². The van der Waals surface area contributed by atoms with Crippen molar-refractivity contribution in [2.24, 2.45) is 10.9 Å². The number of carbonyl (C=O) groups excluding carboxylic acids is 1. The van der Waals surface area contributed by atoms with Crippen LogP contribution in [0.1, 0.15) is 25.3 Å². The fourth-order valence-corrected chi connectivity index (χ4v) is 2.59. The number of guanidine groups is 1. The molecule has 2 rings (SSSR count). The lowest BCUT2D eigenvalue weighted by molar-refractivity contribution is -0.122. The highest BCUT2D eigenvalue weighted by Crippen LogP contribution is 2.34. The molecule has 0 radical (unpaired) electrons. The largest absolute Gasteiger partial charge is 0.496 e. The van der Waals surface area contributed by atoms with Gasteiger partial charge in [0, 0.05) is 37.7 Å². The van der Waals surface area contributed by atoms with Crippen molar-refractivity contribution in [3.05, 3.63) is 17.7 Å². The van der Waals surface area contributed by atoms with E-state index in [0.29, 0.717) is 42.8 Å². The Kier molecular flexibility index (Phi) is 10.8. The number of aliphatic imine (C=N–C) groups is 1. The molecule has 1 saturated carbocycles. The van der Waals surface area contributed by atoms with Crippen LogP contribution >= 0.6 is 24.0 Å². The SMILES string of the molecule is CCNC(=NCc1c(OC)cc(OC)cc1OC)NCCNC(=O)C1CC1.I. The highest BCUT2D eigenvalue weighted by molar-refractivity contribution is 14.0. The summed E-state index contributed by atoms with van der Waals surface area (Å²) in [7, 11) is 4.81. The third-order valence-corrected chi connectivity index (χ3v) is 4.22. The van der Waals surface area contributed by atoms with Gasteiger partial charge in [-0.1, -0.05) is 0 Å². The molecule has 1 aliphatic rings. The summed E-state index contributed by atoms with van der Waals surface area (Å²) >= 11 is 0. The maximum Gasteiger partial charge on any atom is 0.223 e. The van der Waals surface area contributed by atoms with Crippen molar-refractivity contribution in [2.45, 2.75) is 26.3 Å². The molecule has 158 valence electrons. The minimum atomic E-state index is 0. The van der Waals surface area contributed by atoms with Crippen LogP contribution in [-0.2, 0) is 11.3 Å². The predicted molar refractivity (Wildman–Crippen MR) is 120 cm³/mol. The van der Waals surface area contributed by atoms with Gasteiger partial charge in [0.2, 0.25) is 5.91 Å². The van der Waals surface area contributed by atoms with Crippen molar-refractivity contribution in [2.75, 3.05) is 41.0 Å². The lowest BCUT2D eigenvalue weighted by atomic mass is 10.1. The van der Waals surface area contributed by atoms with E-state index >= 15 is 0 Å². The van der Waals surface area contributed by atoms with Gasteiger partial charge in [-0.15, -0.1) is 24.0 Å². The maximum absolute atomic E-state index is 11.7. The van der Waals surface area contributed by atoms with E-state index in [0.717, 1.165) is 24.9 Å². The molecule has 0 unspecified atom stereocenters. The van der Waals surface area contributed by atoms with Gasteiger partial charge in [-0.2, -0.15) is 0 Å². The number of nitrogens with one attached hydrogen (secondary N) is 3. The van der Waals surface area contributed by atoms with Crippen molar-refractivity contribution in [1.82, 2.24) is 16.0 Å². The van der Waals surface area contributed by atoms with E-state index in [4.69, 9.17) is 14.2 Å². The first-order valence-corrected chi connectivity index (χ1v) is 9.21. The lowest BCUT2D eigenvalue weighted by Crippen LogP contribution is -2.41. The molecule has 8 nitrogen and oxygen atoms in total. The van der Waals surface area contributed by atoms with Gasteiger partial charge in [0.1, 0.15) is 17.2 Å². The zero-order valence-corrected chi connectivity index (χ0v) is 19.3. The maximum atomic E-state index is 11.7. The molecule has 0 spiro atoms. The highest BCUT2D eigenvalue weighted by Gasteiger charge is 2.28. The van der Waals surface area contributed by atoms with Crippen LogP contribution in [-0.4, -0.2) is 52.8 Å². The number of rotatable bonds is 10. The van der Waals surface area contributed by atoms with Gasteiger partial charge in [0.05, 0.1) is 33.4 Å². The third-order valence-electron chi connectivity index (χ3n) is 4.22. The topological polar surface area (TPSA) is 93.2 Å². The molecular formula is C19H31IN4O4. The number of hydrogen-bond acceptors (Lipinski definition) is 5. The number of methoxy groups -OCH3 is 3. The first kappa shape index (κ1) is 24.1. The summed E-state index contributed by atoms with van der Waals surface area (Å²) in [5.74, 6) is 3.00. The van der Waals surface area contributed by atoms with E-state index in [2.05, 4.69) is 20.9 Å². The highest BCUT2D eigenvalue weighted by atomic mass is 127. The first-order valence-electron chi connectivity index (χ1n) is 9.21. The molecule has 1 aromatic carbocycles. The number of hydrogen-bond donors (Lipinski definition) is 3. The van der Waals surface area contributed by atoms with E-state index in [-0.39, 0.29) is 35.8 Å². The predicted octanol–water partition coefficient (Wildman–Crippen LogP) is 1.91. The first-order chi connectivity index (χ1) is 13.1. The minimum absolute atomic E-state index is 0. The zero-order chi connectivity index (χ0) is 19.6. The molecular weight excluding hydrogens is 475 g/mol. The van der Waals surface area contributed by atoms with Crippen molar-refractivity contribution in [3.63, 3.8) is 0 Å². The summed E-state index contributed by atoms with van der Waals surface area (Å²) in [4.78, 5) is 16.3. The van der Waals surface area contributed by atoms with Gasteiger partial charge in [-0.3, -0.25) is 4.79 Å². The van der Waals surface area contributed by atoms with Gasteiger partial charge in [-0.25, -0.2) is 4.99 Å². The lowest BCUT2D eigenvalue weighted by Gasteiger charge is -2.15. The van der Waals surface area contributed by atoms with E-state index in [9.17, 15) is 4.79 Å². The zero-order valence-electron chi connectivity index (χ0n) is 17.0. The van der Waals surface area contributed by atoms with E-state index < -0.39 is 0 Å². The Hall–Kier alpha value is -1.91. The quantitative estimate of drug-likeness (QED) is 0.194. The number of carbonyl (C=O) groups is 1. The average Bonchev–Trinajstić information content (AvgIpc) is 3.53. The van der Waals surface area contributed by atoms with Crippen LogP contribution < -0.4 is 30.2 Å². The van der Waals surface area contributed by atoms with Crippen molar-refractivity contribution in [1.29, 1.82) is 0 Å². The Balaban J connectivity index is 0.00000392. The Morgan fingerprint density at radius 1 is 1.04 bits per heavy atom. The van der Waals surface area contributed by atoms with Gasteiger partial charge < -0.3 is 30.2 Å². The number of ether oxygens (including phenoxy) is 3. The molecule has 3 N–H and O–H groups in total. The molecule has 0 atom stereocenters. The second kappa shape index (κ2) is 12.5. The van der Waals surface area contributed by atoms with Crippen LogP contribution in [0.15, 0.2) is 17.1 Å². The number of benzene rings is 1. The van der Waals surface area contributed by atoms with Crippen LogP contribution in [0.5, 0.6) is 17.2 Å². The standard InChI is InChI=1S/C19H30N4O4.HI/c1-5-20-19(22-9-8-21-18(24)13-6-7-13)23-12-15-16(26-3)10-14(25-2)11-17(15)27-4;/h10-11,13H,5-9,12H2,1-4H3,(H,21,24)(H2,20,22,23);1H. The molecule has 0 saturated heterocycles. The molecule has 1 aliphatic carbocycles. The van der Waals surface area contributed by atoms with E-state index in [1.807, 2.05) is 6.92 Å². The van der Waals surface area contributed by atoms with Crippen LogP contribution in [0.3, 0.4) is 0 Å². The summed E-state index contributed by atoms with van der Waals surface area (Å²) < 4.78 is 16.2. The van der Waals surface area contributed by atoms with Crippen molar-refractivity contribution >= 4 is 35.8 Å². The summed E-state index contributed by atoms with van der Waals surface area (Å²) in [5.41, 5.74) is 0.833. The average molecular weight is 506 g/mol. The fourth-order valence-electron chi connectivity index (χ4n) is 2.59. The molecule has 0 heterocycles. The van der Waals surface area contributed by atoms with Crippen molar-refractivity contribution < 1.29 is 19.0 Å². The number of halogens is 1. The third kappa shape index (κ3) is 7.25. The Labute approximate surface area is 183 Å². The molecule has 1 amide bonds. The molecule has 28 heavy (non-hydrogen) atoms. The van der Waals surface area contributed by atoms with E-state index in [1.165, 1.54) is 0 Å². The summed E-state index contributed by atoms with van der Waals surface area (Å²) in [6.07, 6.45) is 2.02. The molecule has 0 aromatic heterocycles. The summed E-state index contributed by atoms with van der Waals surface area (Å²) in [6.45, 7) is 4.27. The van der Waals surface area contributed by atoms with Gasteiger partial charge >= 0.3 is 0 Å². The summed E-state index contributed by atoms with van der Waals surface area (Å²) in [6, 6.07) is 3.61. The molecule has 9 heteroatoms. The van der Waals surface area contributed by atoms with Crippen LogP contribution in [0, 0.1) is 5.92 Å². The normalized spacial score (nSPS) is 13.2. The fraction of sp³-hybridized carbons (Fsp3) is 0.579. The van der Waals surface area contributed by atoms with Gasteiger partial charge in [-0.05, 0) is 19.8 Å². The van der Waals surface area contributed by atoms with Crippen molar-refractivity contribution in [3.8, 4) is 17.2 Å². The minimum Gasteiger partial charge on any atom is -0.496 e. The number of amides is 1. The molecule has 0 bridgehead atoms. The Morgan fingerprint density at radius 2 is 1.64 bits per heavy atom. The molecule has 1 aromatic rings. The summed E-state index contributed by atoms with van der Waals surface area (Å²) in [5, 5.41) is 9.34. The van der Waals surface area contributed by atoms with Crippen LogP contribution in [0.4, 0.5) is 0 Å². The second-order valence-corrected chi connectivity index (χ2v) is 6.20. The second-order valence-electron chi connectivity index (χ2n) is 6.20. The Morgan fingerprint density at radius 3 is 2.14 bits per heavy atom. The van der Waals surface area contributed by atoms with Gasteiger partial charge in [0.25, 0.3) is 0 Å². The van der Waals surface area contributed by atoms with Crippen LogP contribution in [0.25, 0.3) is 0 Å². The monoisotopic (exact) mass is 506 g/mol. The van der Waals surface area contributed by atoms with Crippen LogP contribution in [0.2, 0.25) is 0 Å². The Bertz CT molecular complexity index is 640.